The highest BCUT2D eigenvalue weighted by molar-refractivity contribution is 9.10. The summed E-state index contributed by atoms with van der Waals surface area (Å²) >= 11 is 9.48. The molecule has 4 aromatic rings. The Morgan fingerprint density at radius 2 is 2.00 bits per heavy atom. The van der Waals surface area contributed by atoms with E-state index in [1.807, 2.05) is 37.3 Å². The number of nitrogens with one attached hydrogen (secondary N) is 1. The maximum atomic E-state index is 12.4. The lowest BCUT2D eigenvalue weighted by Gasteiger charge is -2.06. The van der Waals surface area contributed by atoms with Crippen LogP contribution < -0.4 is 10.1 Å². The minimum absolute atomic E-state index is 0.135. The normalized spacial score (nSPS) is 10.8. The summed E-state index contributed by atoms with van der Waals surface area (Å²) in [7, 11) is 0. The first-order valence-electron chi connectivity index (χ1n) is 9.39. The maximum absolute atomic E-state index is 12.4. The molecule has 0 atom stereocenters. The Balaban J connectivity index is 1.33. The number of furan rings is 1. The lowest BCUT2D eigenvalue weighted by atomic mass is 10.1. The van der Waals surface area contributed by atoms with E-state index in [1.54, 1.807) is 35.3 Å². The third-order valence-electron chi connectivity index (χ3n) is 4.38. The molecule has 9 heteroatoms. The first kappa shape index (κ1) is 21.1. The Morgan fingerprint density at radius 3 is 2.77 bits per heavy atom. The average Bonchev–Trinajstić information content (AvgIpc) is 3.39. The monoisotopic (exact) mass is 500 g/mol. The van der Waals surface area contributed by atoms with Crippen molar-refractivity contribution >= 4 is 39.4 Å². The van der Waals surface area contributed by atoms with Gasteiger partial charge in [-0.3, -0.25) is 10.1 Å². The molecule has 0 aliphatic carbocycles. The van der Waals surface area contributed by atoms with Crippen molar-refractivity contribution in [2.45, 2.75) is 20.1 Å². The zero-order valence-corrected chi connectivity index (χ0v) is 18.9. The van der Waals surface area contributed by atoms with Crippen LogP contribution in [0.2, 0.25) is 5.02 Å². The van der Waals surface area contributed by atoms with Gasteiger partial charge in [-0.25, -0.2) is 9.67 Å². The molecule has 2 heterocycles. The third kappa shape index (κ3) is 5.53. The summed E-state index contributed by atoms with van der Waals surface area (Å²) in [6.07, 6.45) is 1.57. The van der Waals surface area contributed by atoms with Crippen molar-refractivity contribution in [1.82, 2.24) is 14.8 Å². The van der Waals surface area contributed by atoms with Gasteiger partial charge in [0.25, 0.3) is 5.91 Å². The zero-order chi connectivity index (χ0) is 21.8. The summed E-state index contributed by atoms with van der Waals surface area (Å²) in [5.41, 5.74) is 2.29. The van der Waals surface area contributed by atoms with Crippen LogP contribution in [0.1, 0.15) is 27.4 Å². The molecule has 1 amide bonds. The van der Waals surface area contributed by atoms with E-state index in [0.717, 1.165) is 10.0 Å². The van der Waals surface area contributed by atoms with Crippen molar-refractivity contribution in [1.29, 1.82) is 0 Å². The van der Waals surface area contributed by atoms with Crippen LogP contribution in [-0.2, 0) is 13.2 Å². The van der Waals surface area contributed by atoms with E-state index in [2.05, 4.69) is 31.3 Å². The van der Waals surface area contributed by atoms with Gasteiger partial charge in [-0.15, -0.1) is 5.10 Å². The molecular weight excluding hydrogens is 484 g/mol. The summed E-state index contributed by atoms with van der Waals surface area (Å²) < 4.78 is 13.7. The van der Waals surface area contributed by atoms with Gasteiger partial charge in [-0.2, -0.15) is 0 Å². The molecule has 0 saturated heterocycles. The van der Waals surface area contributed by atoms with Gasteiger partial charge in [0.1, 0.15) is 24.4 Å². The van der Waals surface area contributed by atoms with Crippen LogP contribution in [0.25, 0.3) is 0 Å². The van der Waals surface area contributed by atoms with Crippen LogP contribution in [0, 0.1) is 6.92 Å². The molecule has 2 aromatic carbocycles. The number of rotatable bonds is 7. The van der Waals surface area contributed by atoms with E-state index in [1.165, 1.54) is 5.56 Å². The predicted octanol–water partition coefficient (Wildman–Crippen LogP) is 5.48. The molecule has 31 heavy (non-hydrogen) atoms. The number of hydrogen-bond acceptors (Lipinski definition) is 5. The number of aromatic nitrogens is 3. The van der Waals surface area contributed by atoms with Gasteiger partial charge in [-0.1, -0.05) is 57.4 Å². The molecule has 7 nitrogen and oxygen atoms in total. The van der Waals surface area contributed by atoms with E-state index in [-0.39, 0.29) is 18.3 Å². The standard InChI is InChI=1S/C22H18BrClN4O3/c1-14-2-4-15(5-3-14)11-28-13-25-22(27-28)26-21(29)20-9-7-17(31-20)12-30-19-8-6-16(23)10-18(19)24/h2-10,13H,11-12H2,1H3,(H,26,27,29). The second-order valence-electron chi connectivity index (χ2n) is 6.83. The molecule has 0 bridgehead atoms. The van der Waals surface area contributed by atoms with Crippen LogP contribution in [0.4, 0.5) is 5.95 Å². The number of ether oxygens (including phenoxy) is 1. The second kappa shape index (κ2) is 9.36. The van der Waals surface area contributed by atoms with Gasteiger partial charge in [0.2, 0.25) is 5.95 Å². The number of aryl methyl sites for hydroxylation is 1. The van der Waals surface area contributed by atoms with E-state index in [0.29, 0.717) is 23.1 Å². The van der Waals surface area contributed by atoms with Crippen molar-refractivity contribution in [3.05, 3.63) is 93.1 Å². The first-order chi connectivity index (χ1) is 15.0. The molecule has 2 aromatic heterocycles. The number of hydrogen-bond donors (Lipinski definition) is 1. The molecule has 158 valence electrons. The molecule has 0 spiro atoms. The Labute approximate surface area is 192 Å². The van der Waals surface area contributed by atoms with Crippen molar-refractivity contribution in [2.75, 3.05) is 5.32 Å². The number of amides is 1. The van der Waals surface area contributed by atoms with Crippen LogP contribution in [-0.4, -0.2) is 20.7 Å². The molecule has 0 radical (unpaired) electrons. The Kier molecular flexibility index (Phi) is 6.39. The largest absolute Gasteiger partial charge is 0.484 e. The van der Waals surface area contributed by atoms with Crippen LogP contribution in [0.3, 0.4) is 0 Å². The minimum atomic E-state index is -0.444. The van der Waals surface area contributed by atoms with Gasteiger partial charge in [0.05, 0.1) is 11.6 Å². The highest BCUT2D eigenvalue weighted by atomic mass is 79.9. The Hall–Kier alpha value is -3.10. The highest BCUT2D eigenvalue weighted by Crippen LogP contribution is 2.28. The van der Waals surface area contributed by atoms with Gasteiger partial charge >= 0.3 is 0 Å². The predicted molar refractivity (Wildman–Crippen MR) is 120 cm³/mol. The average molecular weight is 502 g/mol. The fourth-order valence-electron chi connectivity index (χ4n) is 2.79. The van der Waals surface area contributed by atoms with Gasteiger partial charge in [0.15, 0.2) is 5.76 Å². The third-order valence-corrected chi connectivity index (χ3v) is 5.16. The van der Waals surface area contributed by atoms with Gasteiger partial charge < -0.3 is 9.15 Å². The number of carbonyl (C=O) groups excluding carboxylic acids is 1. The van der Waals surface area contributed by atoms with Crippen molar-refractivity contribution < 1.29 is 13.9 Å². The maximum Gasteiger partial charge on any atom is 0.293 e. The molecule has 0 aliphatic heterocycles. The number of anilines is 1. The lowest BCUT2D eigenvalue weighted by molar-refractivity contribution is 0.0991. The van der Waals surface area contributed by atoms with Gasteiger partial charge in [-0.05, 0) is 42.8 Å². The number of nitrogens with zero attached hydrogens (tertiary/aromatic N) is 3. The van der Waals surface area contributed by atoms with Crippen molar-refractivity contribution in [2.24, 2.45) is 0 Å². The smallest absolute Gasteiger partial charge is 0.293 e. The van der Waals surface area contributed by atoms with Crippen molar-refractivity contribution in [3.63, 3.8) is 0 Å². The number of halogens is 2. The summed E-state index contributed by atoms with van der Waals surface area (Å²) in [4.78, 5) is 16.6. The number of carbonyl (C=O) groups is 1. The summed E-state index contributed by atoms with van der Waals surface area (Å²) in [6, 6.07) is 16.7. The summed E-state index contributed by atoms with van der Waals surface area (Å²) in [5.74, 6) is 0.905. The lowest BCUT2D eigenvalue weighted by Crippen LogP contribution is -2.12. The van der Waals surface area contributed by atoms with Crippen LogP contribution >= 0.6 is 27.5 Å². The topological polar surface area (TPSA) is 82.2 Å². The Morgan fingerprint density at radius 1 is 1.19 bits per heavy atom. The SMILES string of the molecule is Cc1ccc(Cn2cnc(NC(=O)c3ccc(COc4ccc(Br)cc4Cl)o3)n2)cc1. The fraction of sp³-hybridized carbons (Fsp3) is 0.136. The second-order valence-corrected chi connectivity index (χ2v) is 8.16. The Bertz CT molecular complexity index is 1200. The van der Waals surface area contributed by atoms with E-state index in [9.17, 15) is 4.79 Å². The molecule has 0 fully saturated rings. The molecular formula is C22H18BrClN4O3. The highest BCUT2D eigenvalue weighted by Gasteiger charge is 2.14. The van der Waals surface area contributed by atoms with Crippen molar-refractivity contribution in [3.8, 4) is 5.75 Å². The molecule has 1 N–H and O–H groups in total. The van der Waals surface area contributed by atoms with E-state index < -0.39 is 5.91 Å². The van der Waals surface area contributed by atoms with E-state index in [4.69, 9.17) is 20.8 Å². The summed E-state index contributed by atoms with van der Waals surface area (Å²) in [6.45, 7) is 2.73. The van der Waals surface area contributed by atoms with Gasteiger partial charge in [0, 0.05) is 4.47 Å². The van der Waals surface area contributed by atoms with Crippen LogP contribution in [0.5, 0.6) is 5.75 Å². The minimum Gasteiger partial charge on any atom is -0.484 e. The molecule has 0 unspecified atom stereocenters. The van der Waals surface area contributed by atoms with E-state index >= 15 is 0 Å². The number of benzene rings is 2. The fourth-order valence-corrected chi connectivity index (χ4v) is 3.52. The summed E-state index contributed by atoms with van der Waals surface area (Å²) in [5, 5.41) is 7.39. The molecule has 4 rings (SSSR count). The first-order valence-corrected chi connectivity index (χ1v) is 10.6. The zero-order valence-electron chi connectivity index (χ0n) is 16.5. The quantitative estimate of drug-likeness (QED) is 0.363. The molecule has 0 saturated carbocycles. The van der Waals surface area contributed by atoms with Crippen LogP contribution in [0.15, 0.2) is 69.8 Å². The molecule has 0 aliphatic rings.